The number of nitrogens with zero attached hydrogens (tertiary/aromatic N) is 1. The van der Waals surface area contributed by atoms with Crippen LogP contribution < -0.4 is 20.5 Å². The van der Waals surface area contributed by atoms with E-state index in [-0.39, 0.29) is 0 Å². The Balaban J connectivity index is 2.06. The number of aryl methyl sites for hydroxylation is 1. The number of ether oxygens (including phenoxy) is 2. The number of nitrogens with one attached hydrogen (secondary N) is 1. The van der Waals surface area contributed by atoms with Gasteiger partial charge in [-0.05, 0) is 30.7 Å². The molecule has 0 aromatic heterocycles. The van der Waals surface area contributed by atoms with Crippen LogP contribution in [0.1, 0.15) is 11.1 Å². The summed E-state index contributed by atoms with van der Waals surface area (Å²) >= 11 is 0. The third-order valence-electron chi connectivity index (χ3n) is 3.20. The first-order chi connectivity index (χ1) is 10.6. The largest absolute Gasteiger partial charge is 0.497 e. The summed E-state index contributed by atoms with van der Waals surface area (Å²) in [4.78, 5) is 4.35. The summed E-state index contributed by atoms with van der Waals surface area (Å²) in [5.41, 5.74) is 8.89. The number of rotatable bonds is 5. The zero-order valence-electron chi connectivity index (χ0n) is 13.1. The van der Waals surface area contributed by atoms with Crippen molar-refractivity contribution in [3.05, 3.63) is 53.6 Å². The molecule has 0 heterocycles. The maximum Gasteiger partial charge on any atom is 0.193 e. The van der Waals surface area contributed by atoms with E-state index in [2.05, 4.69) is 10.3 Å². The zero-order valence-corrected chi connectivity index (χ0v) is 13.1. The fraction of sp³-hybridized carbons (Fsp3) is 0.235. The molecule has 2 aromatic carbocycles. The van der Waals surface area contributed by atoms with E-state index in [1.807, 2.05) is 49.4 Å². The molecule has 0 saturated carbocycles. The summed E-state index contributed by atoms with van der Waals surface area (Å²) in [6.45, 7) is 2.47. The van der Waals surface area contributed by atoms with Gasteiger partial charge in [0.15, 0.2) is 5.96 Å². The number of nitrogens with two attached hydrogens (primary N) is 1. The van der Waals surface area contributed by atoms with Crippen LogP contribution in [0.25, 0.3) is 0 Å². The number of guanidine groups is 1. The fourth-order valence-corrected chi connectivity index (χ4v) is 2.04. The first-order valence-corrected chi connectivity index (χ1v) is 6.97. The molecule has 0 bridgehead atoms. The van der Waals surface area contributed by atoms with Crippen LogP contribution in [0.3, 0.4) is 0 Å². The Labute approximate surface area is 130 Å². The lowest BCUT2D eigenvalue weighted by Gasteiger charge is -2.09. The van der Waals surface area contributed by atoms with Gasteiger partial charge in [-0.2, -0.15) is 0 Å². The third kappa shape index (κ3) is 4.15. The second kappa shape index (κ2) is 7.36. The Kier molecular flexibility index (Phi) is 5.25. The highest BCUT2D eigenvalue weighted by Crippen LogP contribution is 2.21. The molecule has 3 N–H and O–H groups in total. The Hall–Kier alpha value is -2.69. The van der Waals surface area contributed by atoms with Crippen LogP contribution in [0, 0.1) is 6.92 Å². The second-order valence-electron chi connectivity index (χ2n) is 4.87. The number of anilines is 1. The van der Waals surface area contributed by atoms with Gasteiger partial charge in [-0.1, -0.05) is 18.2 Å². The van der Waals surface area contributed by atoms with E-state index >= 15 is 0 Å². The molecule has 0 radical (unpaired) electrons. The fourth-order valence-electron chi connectivity index (χ4n) is 2.04. The van der Waals surface area contributed by atoms with E-state index < -0.39 is 0 Å². The maximum atomic E-state index is 5.92. The van der Waals surface area contributed by atoms with E-state index in [1.165, 1.54) is 0 Å². The molecule has 0 spiro atoms. The van der Waals surface area contributed by atoms with Crippen molar-refractivity contribution in [1.29, 1.82) is 0 Å². The highest BCUT2D eigenvalue weighted by molar-refractivity contribution is 5.92. The van der Waals surface area contributed by atoms with Crippen molar-refractivity contribution in [3.8, 4) is 11.5 Å². The van der Waals surface area contributed by atoms with Crippen LogP contribution in [0.4, 0.5) is 5.69 Å². The molecule has 0 amide bonds. The van der Waals surface area contributed by atoms with E-state index in [1.54, 1.807) is 14.2 Å². The monoisotopic (exact) mass is 299 g/mol. The van der Waals surface area contributed by atoms with E-state index in [9.17, 15) is 0 Å². The molecular weight excluding hydrogens is 278 g/mol. The van der Waals surface area contributed by atoms with Gasteiger partial charge in [0.1, 0.15) is 11.5 Å². The van der Waals surface area contributed by atoms with Gasteiger partial charge >= 0.3 is 0 Å². The molecular formula is C17H21N3O2. The molecule has 0 saturated heterocycles. The average molecular weight is 299 g/mol. The highest BCUT2D eigenvalue weighted by Gasteiger charge is 2.03. The minimum absolute atomic E-state index is 0.343. The van der Waals surface area contributed by atoms with Crippen LogP contribution in [0.2, 0.25) is 0 Å². The highest BCUT2D eigenvalue weighted by atomic mass is 16.5. The normalized spacial score (nSPS) is 11.1. The van der Waals surface area contributed by atoms with Crippen LogP contribution >= 0.6 is 0 Å². The molecule has 0 aliphatic carbocycles. The first-order valence-electron chi connectivity index (χ1n) is 6.97. The Morgan fingerprint density at radius 3 is 2.68 bits per heavy atom. The van der Waals surface area contributed by atoms with Gasteiger partial charge in [0.25, 0.3) is 0 Å². The number of benzene rings is 2. The minimum atomic E-state index is 0.343. The molecule has 0 aliphatic rings. The van der Waals surface area contributed by atoms with Gasteiger partial charge < -0.3 is 20.5 Å². The SMILES string of the molecule is COc1cccc(NC(N)=NCc2ccc(C)cc2OC)c1. The van der Waals surface area contributed by atoms with Crippen LogP contribution in [-0.4, -0.2) is 20.2 Å². The molecule has 2 rings (SSSR count). The van der Waals surface area contributed by atoms with Gasteiger partial charge in [-0.15, -0.1) is 0 Å². The van der Waals surface area contributed by atoms with Crippen molar-refractivity contribution in [3.63, 3.8) is 0 Å². The van der Waals surface area contributed by atoms with Crippen molar-refractivity contribution in [1.82, 2.24) is 0 Å². The Bertz CT molecular complexity index is 669. The second-order valence-corrected chi connectivity index (χ2v) is 4.87. The standard InChI is InChI=1S/C17H21N3O2/c1-12-7-8-13(16(9-12)22-3)11-19-17(18)20-14-5-4-6-15(10-14)21-2/h4-10H,11H2,1-3H3,(H3,18,19,20). The Morgan fingerprint density at radius 1 is 1.14 bits per heavy atom. The van der Waals surface area contributed by atoms with Gasteiger partial charge in [0.2, 0.25) is 0 Å². The topological polar surface area (TPSA) is 68.9 Å². The number of hydrogen-bond donors (Lipinski definition) is 2. The number of aliphatic imine (C=N–C) groups is 1. The Morgan fingerprint density at radius 2 is 1.95 bits per heavy atom. The maximum absolute atomic E-state index is 5.92. The molecule has 5 heteroatoms. The van der Waals surface area contributed by atoms with E-state index in [0.29, 0.717) is 12.5 Å². The van der Waals surface area contributed by atoms with Crippen LogP contribution in [-0.2, 0) is 6.54 Å². The smallest absolute Gasteiger partial charge is 0.193 e. The van der Waals surface area contributed by atoms with E-state index in [0.717, 1.165) is 28.3 Å². The summed E-state index contributed by atoms with van der Waals surface area (Å²) in [7, 11) is 3.28. The third-order valence-corrected chi connectivity index (χ3v) is 3.20. The van der Waals surface area contributed by atoms with Crippen molar-refractivity contribution in [2.24, 2.45) is 10.7 Å². The first kappa shape index (κ1) is 15.7. The number of hydrogen-bond acceptors (Lipinski definition) is 3. The molecule has 0 fully saturated rings. The molecule has 2 aromatic rings. The molecule has 0 atom stereocenters. The molecule has 116 valence electrons. The van der Waals surface area contributed by atoms with Gasteiger partial charge in [-0.25, -0.2) is 4.99 Å². The van der Waals surface area contributed by atoms with Crippen molar-refractivity contribution >= 4 is 11.6 Å². The summed E-state index contributed by atoms with van der Waals surface area (Å²) in [6, 6.07) is 13.5. The molecule has 0 aliphatic heterocycles. The van der Waals surface area contributed by atoms with Gasteiger partial charge in [0.05, 0.1) is 20.8 Å². The lowest BCUT2D eigenvalue weighted by atomic mass is 10.1. The average Bonchev–Trinajstić information content (AvgIpc) is 2.53. The van der Waals surface area contributed by atoms with Crippen molar-refractivity contribution in [2.45, 2.75) is 13.5 Å². The quantitative estimate of drug-likeness (QED) is 0.658. The van der Waals surface area contributed by atoms with Crippen molar-refractivity contribution < 1.29 is 9.47 Å². The predicted molar refractivity (Wildman–Crippen MR) is 89.7 cm³/mol. The summed E-state index contributed by atoms with van der Waals surface area (Å²) < 4.78 is 10.5. The van der Waals surface area contributed by atoms with Crippen LogP contribution in [0.5, 0.6) is 11.5 Å². The summed E-state index contributed by atoms with van der Waals surface area (Å²) in [6.07, 6.45) is 0. The zero-order chi connectivity index (χ0) is 15.9. The lowest BCUT2D eigenvalue weighted by Crippen LogP contribution is -2.22. The van der Waals surface area contributed by atoms with Gasteiger partial charge in [0, 0.05) is 17.3 Å². The lowest BCUT2D eigenvalue weighted by molar-refractivity contribution is 0.409. The summed E-state index contributed by atoms with van der Waals surface area (Å²) in [5, 5.41) is 3.04. The van der Waals surface area contributed by atoms with Gasteiger partial charge in [-0.3, -0.25) is 0 Å². The molecule has 22 heavy (non-hydrogen) atoms. The number of methoxy groups -OCH3 is 2. The van der Waals surface area contributed by atoms with Crippen LogP contribution in [0.15, 0.2) is 47.5 Å². The molecule has 0 unspecified atom stereocenters. The minimum Gasteiger partial charge on any atom is -0.497 e. The van der Waals surface area contributed by atoms with E-state index in [4.69, 9.17) is 15.2 Å². The predicted octanol–water partition coefficient (Wildman–Crippen LogP) is 2.94. The summed E-state index contributed by atoms with van der Waals surface area (Å²) in [5.74, 6) is 1.92. The molecule has 5 nitrogen and oxygen atoms in total. The van der Waals surface area contributed by atoms with Crippen molar-refractivity contribution in [2.75, 3.05) is 19.5 Å².